The van der Waals surface area contributed by atoms with Crippen molar-refractivity contribution in [1.29, 1.82) is 0 Å². The predicted molar refractivity (Wildman–Crippen MR) is 99.2 cm³/mol. The number of rotatable bonds is 4. The zero-order valence-electron chi connectivity index (χ0n) is 14.6. The number of pyridine rings is 1. The summed E-state index contributed by atoms with van der Waals surface area (Å²) < 4.78 is 27.1. The van der Waals surface area contributed by atoms with Crippen LogP contribution in [0.2, 0.25) is 0 Å². The van der Waals surface area contributed by atoms with E-state index in [0.29, 0.717) is 46.4 Å². The Labute approximate surface area is 166 Å². The molecule has 2 fully saturated rings. The molecule has 1 unspecified atom stereocenters. The van der Waals surface area contributed by atoms with Crippen LogP contribution >= 0.6 is 15.9 Å². The predicted octanol–water partition coefficient (Wildman–Crippen LogP) is 1.82. The van der Waals surface area contributed by atoms with Gasteiger partial charge in [0.1, 0.15) is 17.7 Å². The number of halogens is 3. The first-order chi connectivity index (χ1) is 13.3. The Bertz CT molecular complexity index is 950. The molecule has 4 rings (SSSR count). The van der Waals surface area contributed by atoms with Crippen LogP contribution in [-0.4, -0.2) is 47.0 Å². The van der Waals surface area contributed by atoms with Gasteiger partial charge in [-0.05, 0) is 28.8 Å². The van der Waals surface area contributed by atoms with Crippen molar-refractivity contribution in [2.45, 2.75) is 31.2 Å². The van der Waals surface area contributed by atoms with Crippen LogP contribution in [0.1, 0.15) is 19.3 Å². The molecule has 1 saturated heterocycles. The lowest BCUT2D eigenvalue weighted by atomic mass is 10.0. The molecule has 2 atom stereocenters. The van der Waals surface area contributed by atoms with E-state index in [4.69, 9.17) is 0 Å². The maximum atomic E-state index is 13.2. The van der Waals surface area contributed by atoms with Gasteiger partial charge in [0.15, 0.2) is 0 Å². The molecule has 1 saturated carbocycles. The standard InChI is InChI=1S/C17H18BrF2N5O3/c18-10-5-21-14-12(11(6-22-14)24-15(26)9-4-17(9,19)20)13(10)25-3-1-2-8(7-25)23-16(27)28/h5-6,8-9,23H,1-4,7H2,(H,21,22)(H,24,26)(H,27,28)/p-1/t8-,9?/m1/s1. The lowest BCUT2D eigenvalue weighted by molar-refractivity contribution is -0.251. The van der Waals surface area contributed by atoms with Crippen LogP contribution in [0, 0.1) is 5.92 Å². The highest BCUT2D eigenvalue weighted by Crippen LogP contribution is 2.49. The number of H-pyrrole nitrogens is 1. The van der Waals surface area contributed by atoms with Crippen molar-refractivity contribution in [2.75, 3.05) is 23.3 Å². The average Bonchev–Trinajstić information content (AvgIpc) is 3.09. The third-order valence-corrected chi connectivity index (χ3v) is 5.67. The van der Waals surface area contributed by atoms with E-state index in [9.17, 15) is 23.5 Å². The molecule has 150 valence electrons. The molecule has 2 aliphatic rings. The molecule has 1 aliphatic heterocycles. The van der Waals surface area contributed by atoms with Gasteiger partial charge < -0.3 is 30.4 Å². The number of piperidine rings is 1. The van der Waals surface area contributed by atoms with Crippen LogP contribution in [0.3, 0.4) is 0 Å². The van der Waals surface area contributed by atoms with Gasteiger partial charge in [0.25, 0.3) is 5.92 Å². The number of carboxylic acid groups (broad SMARTS) is 1. The summed E-state index contributed by atoms with van der Waals surface area (Å²) in [6.07, 6.45) is 2.78. The molecular weight excluding hydrogens is 440 g/mol. The summed E-state index contributed by atoms with van der Waals surface area (Å²) >= 11 is 3.47. The third-order valence-electron chi connectivity index (χ3n) is 5.09. The zero-order valence-corrected chi connectivity index (χ0v) is 16.2. The summed E-state index contributed by atoms with van der Waals surface area (Å²) in [5.41, 5.74) is 1.57. The molecule has 28 heavy (non-hydrogen) atoms. The number of amides is 2. The van der Waals surface area contributed by atoms with Crippen LogP contribution in [-0.2, 0) is 4.79 Å². The molecule has 11 heteroatoms. The number of carbonyl (C=O) groups is 2. The summed E-state index contributed by atoms with van der Waals surface area (Å²) in [5.74, 6) is -4.99. The fourth-order valence-electron chi connectivity index (χ4n) is 3.65. The van der Waals surface area contributed by atoms with Crippen LogP contribution in [0.5, 0.6) is 0 Å². The first-order valence-electron chi connectivity index (χ1n) is 8.83. The van der Waals surface area contributed by atoms with Gasteiger partial charge in [-0.1, -0.05) is 0 Å². The van der Waals surface area contributed by atoms with E-state index in [0.717, 1.165) is 6.42 Å². The van der Waals surface area contributed by atoms with Crippen molar-refractivity contribution < 1.29 is 23.5 Å². The lowest BCUT2D eigenvalue weighted by Gasteiger charge is -2.36. The number of hydrogen-bond donors (Lipinski definition) is 3. The number of nitrogens with one attached hydrogen (secondary N) is 3. The number of aromatic nitrogens is 2. The van der Waals surface area contributed by atoms with E-state index in [1.165, 1.54) is 6.20 Å². The Morgan fingerprint density at radius 1 is 1.43 bits per heavy atom. The largest absolute Gasteiger partial charge is 0.530 e. The summed E-state index contributed by atoms with van der Waals surface area (Å²) in [6.45, 7) is 1.08. The fourth-order valence-corrected chi connectivity index (χ4v) is 4.20. The van der Waals surface area contributed by atoms with Crippen molar-refractivity contribution in [2.24, 2.45) is 5.92 Å². The normalized spacial score (nSPS) is 23.5. The Kier molecular flexibility index (Phi) is 4.64. The van der Waals surface area contributed by atoms with E-state index in [2.05, 4.69) is 36.5 Å². The van der Waals surface area contributed by atoms with Crippen molar-refractivity contribution in [3.63, 3.8) is 0 Å². The van der Waals surface area contributed by atoms with Gasteiger partial charge in [0, 0.05) is 37.9 Å². The van der Waals surface area contributed by atoms with E-state index in [1.54, 1.807) is 6.20 Å². The molecule has 0 spiro atoms. The lowest BCUT2D eigenvalue weighted by Crippen LogP contribution is -2.51. The minimum atomic E-state index is -2.95. The monoisotopic (exact) mass is 456 g/mol. The number of anilines is 2. The summed E-state index contributed by atoms with van der Waals surface area (Å²) in [4.78, 5) is 32.2. The highest BCUT2D eigenvalue weighted by molar-refractivity contribution is 9.10. The minimum Gasteiger partial charge on any atom is -0.530 e. The van der Waals surface area contributed by atoms with Crippen LogP contribution < -0.4 is 20.6 Å². The Morgan fingerprint density at radius 2 is 2.18 bits per heavy atom. The quantitative estimate of drug-likeness (QED) is 0.649. The van der Waals surface area contributed by atoms with Crippen molar-refractivity contribution in [3.8, 4) is 0 Å². The molecule has 2 aromatic rings. The Hall–Kier alpha value is -2.43. The summed E-state index contributed by atoms with van der Waals surface area (Å²) in [6, 6.07) is -0.295. The van der Waals surface area contributed by atoms with Gasteiger partial charge in [-0.15, -0.1) is 0 Å². The molecule has 8 nitrogen and oxygen atoms in total. The highest BCUT2D eigenvalue weighted by atomic mass is 79.9. The summed E-state index contributed by atoms with van der Waals surface area (Å²) in [7, 11) is 0. The molecule has 2 aromatic heterocycles. The second kappa shape index (κ2) is 6.87. The van der Waals surface area contributed by atoms with E-state index < -0.39 is 30.3 Å². The number of fused-ring (bicyclic) bond motifs is 1. The van der Waals surface area contributed by atoms with E-state index in [1.807, 2.05) is 4.90 Å². The molecule has 2 amide bonds. The van der Waals surface area contributed by atoms with Crippen molar-refractivity contribution >= 4 is 50.3 Å². The van der Waals surface area contributed by atoms with Crippen LogP contribution in [0.15, 0.2) is 16.9 Å². The molecule has 0 radical (unpaired) electrons. The first kappa shape index (κ1) is 18.9. The van der Waals surface area contributed by atoms with Gasteiger partial charge in [0.05, 0.1) is 21.2 Å². The SMILES string of the molecule is O=C([O-])N[C@@H]1CCCN(c2c(Br)cnc3[nH]cc(NC(=O)C4CC4(F)F)c23)C1. The molecule has 3 heterocycles. The van der Waals surface area contributed by atoms with E-state index >= 15 is 0 Å². The first-order valence-corrected chi connectivity index (χ1v) is 9.62. The second-order valence-electron chi connectivity index (χ2n) is 7.10. The second-order valence-corrected chi connectivity index (χ2v) is 7.96. The number of nitrogens with zero attached hydrogens (tertiary/aromatic N) is 2. The highest BCUT2D eigenvalue weighted by Gasteiger charge is 2.61. The minimum absolute atomic E-state index is 0.295. The fraction of sp³-hybridized carbons (Fsp3) is 0.471. The van der Waals surface area contributed by atoms with Crippen molar-refractivity contribution in [1.82, 2.24) is 15.3 Å². The molecule has 0 bridgehead atoms. The van der Waals surface area contributed by atoms with Gasteiger partial charge in [-0.3, -0.25) is 4.79 Å². The number of carbonyl (C=O) groups excluding carboxylic acids is 2. The van der Waals surface area contributed by atoms with E-state index in [-0.39, 0.29) is 6.04 Å². The number of alkyl halides is 2. The summed E-state index contributed by atoms with van der Waals surface area (Å²) in [5, 5.41) is 16.4. The molecule has 0 aromatic carbocycles. The molecule has 1 aliphatic carbocycles. The topological polar surface area (TPSA) is 113 Å². The van der Waals surface area contributed by atoms with Gasteiger partial charge in [0.2, 0.25) is 5.91 Å². The maximum absolute atomic E-state index is 13.2. The van der Waals surface area contributed by atoms with Crippen molar-refractivity contribution in [3.05, 3.63) is 16.9 Å². The van der Waals surface area contributed by atoms with Gasteiger partial charge in [-0.2, -0.15) is 0 Å². The number of aromatic amines is 1. The van der Waals surface area contributed by atoms with Crippen LogP contribution in [0.4, 0.5) is 25.0 Å². The van der Waals surface area contributed by atoms with Gasteiger partial charge >= 0.3 is 0 Å². The van der Waals surface area contributed by atoms with Gasteiger partial charge in [-0.25, -0.2) is 13.8 Å². The zero-order chi connectivity index (χ0) is 20.1. The third kappa shape index (κ3) is 3.50. The molecule has 3 N–H and O–H groups in total. The number of hydrogen-bond acceptors (Lipinski definition) is 5. The Balaban J connectivity index is 1.66. The average molecular weight is 457 g/mol. The molecular formula is C17H17BrF2N5O3-. The smallest absolute Gasteiger partial charge is 0.260 e. The van der Waals surface area contributed by atoms with Crippen LogP contribution in [0.25, 0.3) is 11.0 Å². The Morgan fingerprint density at radius 3 is 2.86 bits per heavy atom. The maximum Gasteiger partial charge on any atom is 0.260 e.